The van der Waals surface area contributed by atoms with Crippen LogP contribution in [-0.4, -0.2) is 57.8 Å². The number of aryl methyl sites for hydroxylation is 1. The number of nitrogens with zero attached hydrogens (tertiary/aromatic N) is 3. The van der Waals surface area contributed by atoms with Gasteiger partial charge in [-0.15, -0.1) is 0 Å². The number of likely N-dealkylation sites (tertiary alicyclic amines) is 1. The Morgan fingerprint density at radius 3 is 2.75 bits per heavy atom. The third-order valence-corrected chi connectivity index (χ3v) is 7.52. The summed E-state index contributed by atoms with van der Waals surface area (Å²) < 4.78 is 18.6. The molecule has 36 heavy (non-hydrogen) atoms. The maximum atomic E-state index is 15.8. The first-order valence-electron chi connectivity index (χ1n) is 12.1. The number of hydrogen-bond donors (Lipinski definition) is 3. The van der Waals surface area contributed by atoms with Crippen molar-refractivity contribution >= 4 is 62.5 Å². The predicted molar refractivity (Wildman–Crippen MR) is 145 cm³/mol. The van der Waals surface area contributed by atoms with E-state index in [1.807, 2.05) is 10.6 Å². The normalized spacial score (nSPS) is 16.3. The van der Waals surface area contributed by atoms with E-state index >= 15 is 4.39 Å². The van der Waals surface area contributed by atoms with E-state index in [1.165, 1.54) is 0 Å². The molecule has 1 aliphatic carbocycles. The average Bonchev–Trinajstić information content (AvgIpc) is 3.56. The summed E-state index contributed by atoms with van der Waals surface area (Å²) in [5.74, 6) is -0.693. The van der Waals surface area contributed by atoms with Crippen LogP contribution in [0.4, 0.5) is 15.8 Å². The molecule has 0 atom stereocenters. The van der Waals surface area contributed by atoms with Crippen molar-refractivity contribution in [1.29, 1.82) is 0 Å². The summed E-state index contributed by atoms with van der Waals surface area (Å²) in [4.78, 5) is 25.0. The SMILES string of the molecule is O=C(NOCC1CC1)c1cc2c(ncn2CCCCN2CC(O)C2)c(F)c1Nc1ccc(I)cc1Cl. The van der Waals surface area contributed by atoms with Crippen LogP contribution in [0.5, 0.6) is 0 Å². The number of β-amino-alcohol motifs (C(OH)–C–C–N with tert-alkyl or cyclic N) is 1. The number of nitrogens with one attached hydrogen (secondary N) is 2. The highest BCUT2D eigenvalue weighted by Gasteiger charge is 2.25. The molecule has 1 aliphatic heterocycles. The predicted octanol–water partition coefficient (Wildman–Crippen LogP) is 4.71. The summed E-state index contributed by atoms with van der Waals surface area (Å²) in [5.41, 5.74) is 3.79. The van der Waals surface area contributed by atoms with E-state index < -0.39 is 11.7 Å². The van der Waals surface area contributed by atoms with Gasteiger partial charge in [-0.3, -0.25) is 14.5 Å². The minimum absolute atomic E-state index is 0.000258. The van der Waals surface area contributed by atoms with Gasteiger partial charge in [0.25, 0.3) is 5.91 Å². The molecule has 1 saturated carbocycles. The Kier molecular flexibility index (Phi) is 7.96. The first kappa shape index (κ1) is 25.7. The Labute approximate surface area is 227 Å². The molecule has 2 aromatic carbocycles. The van der Waals surface area contributed by atoms with Crippen molar-refractivity contribution in [1.82, 2.24) is 19.9 Å². The lowest BCUT2D eigenvalue weighted by Gasteiger charge is -2.35. The number of aromatic nitrogens is 2. The molecule has 0 radical (unpaired) electrons. The van der Waals surface area contributed by atoms with Crippen LogP contribution in [0.25, 0.3) is 11.0 Å². The zero-order valence-corrected chi connectivity index (χ0v) is 22.6. The van der Waals surface area contributed by atoms with Crippen LogP contribution in [-0.2, 0) is 11.4 Å². The van der Waals surface area contributed by atoms with Crippen molar-refractivity contribution in [3.05, 3.63) is 50.6 Å². The number of unbranched alkanes of at least 4 members (excludes halogenated alkanes) is 1. The molecule has 0 unspecified atom stereocenters. The molecule has 5 rings (SSSR count). The summed E-state index contributed by atoms with van der Waals surface area (Å²) in [7, 11) is 0. The first-order valence-corrected chi connectivity index (χ1v) is 13.6. The number of amides is 1. The van der Waals surface area contributed by atoms with Crippen molar-refractivity contribution in [2.45, 2.75) is 38.3 Å². The quantitative estimate of drug-likeness (QED) is 0.162. The van der Waals surface area contributed by atoms with Crippen LogP contribution in [0.3, 0.4) is 0 Å². The van der Waals surface area contributed by atoms with Crippen LogP contribution in [0, 0.1) is 15.3 Å². The van der Waals surface area contributed by atoms with Gasteiger partial charge in [-0.05, 0) is 85.0 Å². The Bertz CT molecular complexity index is 1260. The number of benzene rings is 2. The molecular formula is C25H28ClFIN5O3. The zero-order chi connectivity index (χ0) is 25.2. The molecule has 0 spiro atoms. The van der Waals surface area contributed by atoms with Crippen molar-refractivity contribution in [2.24, 2.45) is 5.92 Å². The number of hydrogen-bond acceptors (Lipinski definition) is 6. The molecule has 11 heteroatoms. The largest absolute Gasteiger partial charge is 0.390 e. The third-order valence-electron chi connectivity index (χ3n) is 6.53. The number of anilines is 2. The van der Waals surface area contributed by atoms with Gasteiger partial charge in [-0.2, -0.15) is 0 Å². The van der Waals surface area contributed by atoms with Crippen molar-refractivity contribution in [3.8, 4) is 0 Å². The van der Waals surface area contributed by atoms with Crippen LogP contribution >= 0.6 is 34.2 Å². The van der Waals surface area contributed by atoms with E-state index in [0.717, 1.165) is 48.9 Å². The number of aliphatic hydroxyl groups excluding tert-OH is 1. The summed E-state index contributed by atoms with van der Waals surface area (Å²) >= 11 is 8.52. The lowest BCUT2D eigenvalue weighted by molar-refractivity contribution is 0.00142. The van der Waals surface area contributed by atoms with Gasteiger partial charge in [0, 0.05) is 23.2 Å². The average molecular weight is 628 g/mol. The Hall–Kier alpha value is -1.99. The smallest absolute Gasteiger partial charge is 0.277 e. The number of carbonyl (C=O) groups is 1. The van der Waals surface area contributed by atoms with Crippen molar-refractivity contribution < 1.29 is 19.1 Å². The van der Waals surface area contributed by atoms with Gasteiger partial charge >= 0.3 is 0 Å². The standard InChI is InChI=1S/C25H28ClFIN5O3/c26-19-9-16(28)5-6-20(19)30-23-18(25(35)31-36-13-15-3-4-15)10-21-24(22(23)27)29-14-33(21)8-2-1-7-32-11-17(34)12-32/h5-6,9-10,14-15,17,30,34H,1-4,7-8,11-13H2,(H,31,35). The molecular weight excluding hydrogens is 600 g/mol. The lowest BCUT2D eigenvalue weighted by atomic mass is 10.1. The van der Waals surface area contributed by atoms with Crippen molar-refractivity contribution in [2.75, 3.05) is 31.6 Å². The Morgan fingerprint density at radius 2 is 2.03 bits per heavy atom. The molecule has 0 bridgehead atoms. The molecule has 1 saturated heterocycles. The van der Waals surface area contributed by atoms with Gasteiger partial charge in [0.1, 0.15) is 5.52 Å². The van der Waals surface area contributed by atoms with Crippen LogP contribution in [0.15, 0.2) is 30.6 Å². The minimum atomic E-state index is -0.622. The summed E-state index contributed by atoms with van der Waals surface area (Å²) in [6.45, 7) is 3.44. The highest BCUT2D eigenvalue weighted by atomic mass is 127. The summed E-state index contributed by atoms with van der Waals surface area (Å²) in [6.07, 6.45) is 5.39. The Morgan fingerprint density at radius 1 is 1.25 bits per heavy atom. The van der Waals surface area contributed by atoms with E-state index in [4.69, 9.17) is 16.4 Å². The van der Waals surface area contributed by atoms with E-state index in [0.29, 0.717) is 35.3 Å². The van der Waals surface area contributed by atoms with E-state index in [2.05, 4.69) is 43.3 Å². The second-order valence-electron chi connectivity index (χ2n) is 9.47. The number of imidazole rings is 1. The molecule has 2 fully saturated rings. The van der Waals surface area contributed by atoms with Crippen LogP contribution in [0.1, 0.15) is 36.0 Å². The molecule has 1 aromatic heterocycles. The number of rotatable bonds is 11. The highest BCUT2D eigenvalue weighted by molar-refractivity contribution is 14.1. The summed E-state index contributed by atoms with van der Waals surface area (Å²) in [6, 6.07) is 7.00. The van der Waals surface area contributed by atoms with Gasteiger partial charge in [-0.25, -0.2) is 14.9 Å². The maximum Gasteiger partial charge on any atom is 0.277 e. The lowest BCUT2D eigenvalue weighted by Crippen LogP contribution is -2.50. The number of fused-ring (bicyclic) bond motifs is 1. The second-order valence-corrected chi connectivity index (χ2v) is 11.1. The third kappa shape index (κ3) is 5.94. The number of aliphatic hydroxyl groups is 1. The Balaban J connectivity index is 1.39. The topological polar surface area (TPSA) is 91.7 Å². The van der Waals surface area contributed by atoms with E-state index in [1.54, 1.807) is 24.5 Å². The summed E-state index contributed by atoms with van der Waals surface area (Å²) in [5, 5.41) is 12.8. The van der Waals surface area contributed by atoms with Gasteiger partial charge in [0.15, 0.2) is 5.82 Å². The van der Waals surface area contributed by atoms with Gasteiger partial charge in [0.05, 0.1) is 46.5 Å². The second kappa shape index (κ2) is 11.2. The molecule has 1 amide bonds. The molecule has 192 valence electrons. The molecule has 8 nitrogen and oxygen atoms in total. The molecule has 2 heterocycles. The number of carbonyl (C=O) groups excluding carboxylic acids is 1. The van der Waals surface area contributed by atoms with Gasteiger partial charge < -0.3 is 15.0 Å². The molecule has 3 N–H and O–H groups in total. The molecule has 2 aliphatic rings. The number of hydroxylamine groups is 1. The van der Waals surface area contributed by atoms with E-state index in [-0.39, 0.29) is 22.9 Å². The van der Waals surface area contributed by atoms with Gasteiger partial charge in [0.2, 0.25) is 0 Å². The van der Waals surface area contributed by atoms with Crippen molar-refractivity contribution in [3.63, 3.8) is 0 Å². The van der Waals surface area contributed by atoms with E-state index in [9.17, 15) is 9.90 Å². The fourth-order valence-corrected chi connectivity index (χ4v) is 5.17. The fraction of sp³-hybridized carbons (Fsp3) is 0.440. The molecule has 3 aromatic rings. The number of halogens is 3. The van der Waals surface area contributed by atoms with Gasteiger partial charge in [-0.1, -0.05) is 11.6 Å². The maximum absolute atomic E-state index is 15.8. The zero-order valence-electron chi connectivity index (χ0n) is 19.6. The highest BCUT2D eigenvalue weighted by Crippen LogP contribution is 2.34. The fourth-order valence-electron chi connectivity index (χ4n) is 4.27. The first-order chi connectivity index (χ1) is 17.4. The van der Waals surface area contributed by atoms with Crippen LogP contribution < -0.4 is 10.8 Å². The van der Waals surface area contributed by atoms with Crippen LogP contribution in [0.2, 0.25) is 5.02 Å². The minimum Gasteiger partial charge on any atom is -0.390 e. The monoisotopic (exact) mass is 627 g/mol.